The predicted molar refractivity (Wildman–Crippen MR) is 117 cm³/mol. The molecule has 1 fully saturated rings. The zero-order chi connectivity index (χ0) is 20.3. The molecule has 0 bridgehead atoms. The molecule has 1 aliphatic heterocycles. The summed E-state index contributed by atoms with van der Waals surface area (Å²) in [5.74, 6) is 1.75. The van der Waals surface area contributed by atoms with E-state index in [1.54, 1.807) is 0 Å². The highest BCUT2D eigenvalue weighted by atomic mass is 16.1. The molecule has 1 aromatic carbocycles. The number of hydrogen-bond acceptors (Lipinski definition) is 4. The molecule has 1 saturated heterocycles. The molecule has 1 aromatic heterocycles. The van der Waals surface area contributed by atoms with E-state index in [9.17, 15) is 4.79 Å². The first-order valence-corrected chi connectivity index (χ1v) is 10.3. The number of carbonyl (C=O) groups is 1. The fraction of sp³-hybridized carbons (Fsp3) is 0.409. The van der Waals surface area contributed by atoms with Crippen molar-refractivity contribution >= 4 is 17.7 Å². The summed E-state index contributed by atoms with van der Waals surface area (Å²) in [6.07, 6.45) is 2.65. The molecule has 154 valence electrons. The Hall–Kier alpha value is -3.09. The van der Waals surface area contributed by atoms with Crippen LogP contribution < -0.4 is 15.5 Å². The maximum absolute atomic E-state index is 12.2. The molecular formula is C22H30N6O. The quantitative estimate of drug-likeness (QED) is 0.550. The Bertz CT molecular complexity index is 772. The van der Waals surface area contributed by atoms with E-state index in [1.807, 2.05) is 49.5 Å². The molecule has 2 aromatic rings. The van der Waals surface area contributed by atoms with Crippen molar-refractivity contribution in [3.63, 3.8) is 0 Å². The van der Waals surface area contributed by atoms with Gasteiger partial charge in [-0.15, -0.1) is 0 Å². The van der Waals surface area contributed by atoms with Crippen LogP contribution in [0, 0.1) is 0 Å². The third kappa shape index (κ3) is 6.48. The lowest BCUT2D eigenvalue weighted by atomic mass is 10.1. The summed E-state index contributed by atoms with van der Waals surface area (Å²) in [5, 5.41) is 6.26. The number of hydrogen-bond donors (Lipinski definition) is 2. The monoisotopic (exact) mass is 394 g/mol. The molecule has 0 radical (unpaired) electrons. The number of guanidine groups is 1. The van der Waals surface area contributed by atoms with Gasteiger partial charge in [-0.05, 0) is 31.0 Å². The standard InChI is InChI=1S/C22H30N6O/c1-2-23-22(26-18-21(29)25-13-11-19-8-4-3-5-9-19)28-16-14-27(15-17-28)20-10-6-7-12-24-20/h3-10,12H,2,11,13-18H2,1H3,(H,23,26)(H,25,29). The van der Waals surface area contributed by atoms with Crippen LogP contribution in [-0.2, 0) is 11.2 Å². The number of nitrogens with zero attached hydrogens (tertiary/aromatic N) is 4. The first-order chi connectivity index (χ1) is 14.3. The van der Waals surface area contributed by atoms with Crippen LogP contribution in [0.1, 0.15) is 12.5 Å². The van der Waals surface area contributed by atoms with Crippen LogP contribution in [0.5, 0.6) is 0 Å². The highest BCUT2D eigenvalue weighted by Gasteiger charge is 2.20. The fourth-order valence-electron chi connectivity index (χ4n) is 3.31. The minimum atomic E-state index is -0.0524. The van der Waals surface area contributed by atoms with Crippen LogP contribution in [0.15, 0.2) is 59.7 Å². The molecule has 3 rings (SSSR count). The van der Waals surface area contributed by atoms with Crippen molar-refractivity contribution in [1.29, 1.82) is 0 Å². The maximum Gasteiger partial charge on any atom is 0.241 e. The number of benzene rings is 1. The van der Waals surface area contributed by atoms with E-state index in [2.05, 4.69) is 42.5 Å². The SMILES string of the molecule is CCNC(=NCC(=O)NCCc1ccccc1)N1CCN(c2ccccn2)CC1. The highest BCUT2D eigenvalue weighted by molar-refractivity contribution is 5.85. The van der Waals surface area contributed by atoms with Crippen molar-refractivity contribution in [2.45, 2.75) is 13.3 Å². The van der Waals surface area contributed by atoms with Gasteiger partial charge in [0.15, 0.2) is 5.96 Å². The van der Waals surface area contributed by atoms with Crippen molar-refractivity contribution in [3.8, 4) is 0 Å². The second-order valence-electron chi connectivity index (χ2n) is 6.92. The first kappa shape index (κ1) is 20.6. The Morgan fingerprint density at radius 2 is 1.79 bits per heavy atom. The number of aromatic nitrogens is 1. The number of piperazine rings is 1. The molecule has 7 nitrogen and oxygen atoms in total. The van der Waals surface area contributed by atoms with Crippen molar-refractivity contribution in [2.24, 2.45) is 4.99 Å². The van der Waals surface area contributed by atoms with E-state index in [4.69, 9.17) is 0 Å². The van der Waals surface area contributed by atoms with Crippen molar-refractivity contribution in [2.75, 3.05) is 50.7 Å². The average molecular weight is 395 g/mol. The minimum absolute atomic E-state index is 0.0524. The van der Waals surface area contributed by atoms with Crippen molar-refractivity contribution in [3.05, 3.63) is 60.3 Å². The maximum atomic E-state index is 12.2. The second kappa shape index (κ2) is 11.0. The van der Waals surface area contributed by atoms with Crippen LogP contribution in [0.25, 0.3) is 0 Å². The molecule has 29 heavy (non-hydrogen) atoms. The summed E-state index contributed by atoms with van der Waals surface area (Å²) in [5.41, 5.74) is 1.22. The largest absolute Gasteiger partial charge is 0.357 e. The summed E-state index contributed by atoms with van der Waals surface area (Å²) in [6.45, 7) is 7.02. The first-order valence-electron chi connectivity index (χ1n) is 10.3. The van der Waals surface area contributed by atoms with Gasteiger partial charge in [0.25, 0.3) is 0 Å². The molecule has 2 heterocycles. The Balaban J connectivity index is 1.46. The van der Waals surface area contributed by atoms with Crippen LogP contribution in [0.2, 0.25) is 0 Å². The Labute approximate surface area is 172 Å². The number of nitrogens with one attached hydrogen (secondary N) is 2. The predicted octanol–water partition coefficient (Wildman–Crippen LogP) is 1.53. The van der Waals surface area contributed by atoms with Gasteiger partial charge >= 0.3 is 0 Å². The number of pyridine rings is 1. The van der Waals surface area contributed by atoms with Crippen molar-refractivity contribution in [1.82, 2.24) is 20.5 Å². The topological polar surface area (TPSA) is 72.9 Å². The van der Waals surface area contributed by atoms with Gasteiger partial charge in [-0.2, -0.15) is 0 Å². The second-order valence-corrected chi connectivity index (χ2v) is 6.92. The van der Waals surface area contributed by atoms with E-state index in [1.165, 1.54) is 5.56 Å². The zero-order valence-corrected chi connectivity index (χ0v) is 17.1. The molecule has 0 atom stereocenters. The number of amides is 1. The molecule has 1 amide bonds. The van der Waals surface area contributed by atoms with Gasteiger partial charge in [-0.25, -0.2) is 9.98 Å². The number of anilines is 1. The molecular weight excluding hydrogens is 364 g/mol. The lowest BCUT2D eigenvalue weighted by Crippen LogP contribution is -2.53. The summed E-state index contributed by atoms with van der Waals surface area (Å²) in [4.78, 5) is 25.6. The third-order valence-corrected chi connectivity index (χ3v) is 4.84. The zero-order valence-electron chi connectivity index (χ0n) is 17.1. The lowest BCUT2D eigenvalue weighted by molar-refractivity contribution is -0.119. The molecule has 2 N–H and O–H groups in total. The van der Waals surface area contributed by atoms with Crippen LogP contribution in [0.4, 0.5) is 5.82 Å². The molecule has 0 saturated carbocycles. The summed E-state index contributed by atoms with van der Waals surface area (Å²) < 4.78 is 0. The fourth-order valence-corrected chi connectivity index (χ4v) is 3.31. The van der Waals surface area contributed by atoms with E-state index >= 15 is 0 Å². The van der Waals surface area contributed by atoms with Crippen LogP contribution >= 0.6 is 0 Å². The molecule has 7 heteroatoms. The van der Waals surface area contributed by atoms with Gasteiger partial charge in [-0.1, -0.05) is 36.4 Å². The molecule has 0 aliphatic carbocycles. The van der Waals surface area contributed by atoms with Crippen LogP contribution in [0.3, 0.4) is 0 Å². The van der Waals surface area contributed by atoms with Gasteiger partial charge in [0, 0.05) is 45.5 Å². The third-order valence-electron chi connectivity index (χ3n) is 4.84. The summed E-state index contributed by atoms with van der Waals surface area (Å²) in [6, 6.07) is 16.1. The van der Waals surface area contributed by atoms with E-state index in [0.29, 0.717) is 6.54 Å². The molecule has 0 unspecified atom stereocenters. The molecule has 1 aliphatic rings. The van der Waals surface area contributed by atoms with Gasteiger partial charge in [0.05, 0.1) is 0 Å². The van der Waals surface area contributed by atoms with E-state index in [0.717, 1.165) is 50.9 Å². The number of aliphatic imine (C=N–C) groups is 1. The van der Waals surface area contributed by atoms with Gasteiger partial charge in [-0.3, -0.25) is 4.79 Å². The smallest absolute Gasteiger partial charge is 0.241 e. The van der Waals surface area contributed by atoms with Gasteiger partial charge in [0.2, 0.25) is 5.91 Å². The highest BCUT2D eigenvalue weighted by Crippen LogP contribution is 2.12. The van der Waals surface area contributed by atoms with Gasteiger partial charge in [0.1, 0.15) is 12.4 Å². The van der Waals surface area contributed by atoms with E-state index in [-0.39, 0.29) is 12.5 Å². The minimum Gasteiger partial charge on any atom is -0.357 e. The molecule has 0 spiro atoms. The Kier molecular flexibility index (Phi) is 7.86. The average Bonchev–Trinajstić information content (AvgIpc) is 2.78. The van der Waals surface area contributed by atoms with Crippen molar-refractivity contribution < 1.29 is 4.79 Å². The number of rotatable bonds is 7. The lowest BCUT2D eigenvalue weighted by Gasteiger charge is -2.37. The summed E-state index contributed by atoms with van der Waals surface area (Å²) >= 11 is 0. The normalized spacial score (nSPS) is 14.6. The Morgan fingerprint density at radius 3 is 2.48 bits per heavy atom. The van der Waals surface area contributed by atoms with Gasteiger partial charge < -0.3 is 20.4 Å². The summed E-state index contributed by atoms with van der Waals surface area (Å²) in [7, 11) is 0. The number of carbonyl (C=O) groups excluding carboxylic acids is 1. The Morgan fingerprint density at radius 1 is 1.03 bits per heavy atom. The van der Waals surface area contributed by atoms with Crippen LogP contribution in [-0.4, -0.2) is 67.6 Å². The van der Waals surface area contributed by atoms with E-state index < -0.39 is 0 Å².